The van der Waals surface area contributed by atoms with Gasteiger partial charge in [-0.15, -0.1) is 0 Å². The molecule has 0 bridgehead atoms. The number of hydrogen-bond acceptors (Lipinski definition) is 3. The van der Waals surface area contributed by atoms with Gasteiger partial charge in [0.15, 0.2) is 0 Å². The van der Waals surface area contributed by atoms with Gasteiger partial charge in [0.25, 0.3) is 0 Å². The van der Waals surface area contributed by atoms with Crippen LogP contribution >= 0.6 is 15.9 Å². The van der Waals surface area contributed by atoms with Gasteiger partial charge >= 0.3 is 0 Å². The smallest absolute Gasteiger partial charge is 0.246 e. The molecule has 1 aliphatic rings. The van der Waals surface area contributed by atoms with Crippen LogP contribution in [0.2, 0.25) is 0 Å². The minimum Gasteiger partial charge on any atom is -0.317 e. The Morgan fingerprint density at radius 3 is 2.67 bits per heavy atom. The van der Waals surface area contributed by atoms with E-state index >= 15 is 0 Å². The second-order valence-electron chi connectivity index (χ2n) is 5.23. The van der Waals surface area contributed by atoms with Crippen LogP contribution in [0.5, 0.6) is 0 Å². The lowest BCUT2D eigenvalue weighted by Gasteiger charge is -2.31. The van der Waals surface area contributed by atoms with E-state index in [1.807, 2.05) is 0 Å². The first-order valence-corrected chi connectivity index (χ1v) is 9.34. The van der Waals surface area contributed by atoms with Gasteiger partial charge in [-0.3, -0.25) is 0 Å². The third kappa shape index (κ3) is 4.03. The molecule has 1 heterocycles. The zero-order valence-corrected chi connectivity index (χ0v) is 14.4. The van der Waals surface area contributed by atoms with E-state index in [-0.39, 0.29) is 4.90 Å². The zero-order chi connectivity index (χ0) is 15.5. The Labute approximate surface area is 133 Å². The number of rotatable bonds is 5. The highest BCUT2D eigenvalue weighted by Crippen LogP contribution is 2.27. The first-order chi connectivity index (χ1) is 9.95. The molecule has 0 amide bonds. The molecule has 7 heteroatoms. The molecule has 0 spiro atoms. The topological polar surface area (TPSA) is 49.4 Å². The van der Waals surface area contributed by atoms with Gasteiger partial charge in [0.2, 0.25) is 10.0 Å². The van der Waals surface area contributed by atoms with Gasteiger partial charge in [0.05, 0.1) is 0 Å². The number of sulfonamides is 1. The highest BCUT2D eigenvalue weighted by Gasteiger charge is 2.31. The predicted octanol–water partition coefficient (Wildman–Crippen LogP) is 2.60. The summed E-state index contributed by atoms with van der Waals surface area (Å²) in [5, 5.41) is 3.29. The highest BCUT2D eigenvalue weighted by molar-refractivity contribution is 9.10. The van der Waals surface area contributed by atoms with Crippen molar-refractivity contribution in [3.63, 3.8) is 0 Å². The third-order valence-corrected chi connectivity index (χ3v) is 6.17. The number of nitrogens with zero attached hydrogens (tertiary/aromatic N) is 1. The van der Waals surface area contributed by atoms with Gasteiger partial charge in [-0.2, -0.15) is 4.31 Å². The molecule has 118 valence electrons. The van der Waals surface area contributed by atoms with Crippen molar-refractivity contribution in [2.75, 3.05) is 26.2 Å². The maximum atomic E-state index is 13.8. The molecule has 0 atom stereocenters. The van der Waals surface area contributed by atoms with Gasteiger partial charge in [-0.25, -0.2) is 12.8 Å². The third-order valence-electron chi connectivity index (χ3n) is 3.77. The van der Waals surface area contributed by atoms with E-state index < -0.39 is 15.8 Å². The van der Waals surface area contributed by atoms with E-state index in [0.717, 1.165) is 25.9 Å². The lowest BCUT2D eigenvalue weighted by molar-refractivity contribution is 0.268. The molecule has 1 N–H and O–H groups in total. The van der Waals surface area contributed by atoms with Crippen molar-refractivity contribution in [2.45, 2.75) is 24.7 Å². The van der Waals surface area contributed by atoms with Crippen LogP contribution in [0.25, 0.3) is 0 Å². The van der Waals surface area contributed by atoms with Crippen molar-refractivity contribution in [1.29, 1.82) is 0 Å². The Kier molecular flexibility index (Phi) is 5.76. The molecule has 0 aliphatic carbocycles. The molecule has 1 fully saturated rings. The zero-order valence-electron chi connectivity index (χ0n) is 12.0. The molecule has 1 aliphatic heterocycles. The Morgan fingerprint density at radius 2 is 2.05 bits per heavy atom. The molecule has 0 aromatic heterocycles. The van der Waals surface area contributed by atoms with Gasteiger partial charge in [0.1, 0.15) is 10.7 Å². The summed E-state index contributed by atoms with van der Waals surface area (Å²) in [6.07, 6.45) is 1.61. The fourth-order valence-corrected chi connectivity index (χ4v) is 4.59. The summed E-state index contributed by atoms with van der Waals surface area (Å²) in [5.74, 6) is -0.211. The van der Waals surface area contributed by atoms with Crippen molar-refractivity contribution in [2.24, 2.45) is 5.92 Å². The Morgan fingerprint density at radius 1 is 1.38 bits per heavy atom. The average Bonchev–Trinajstić information content (AvgIpc) is 2.48. The van der Waals surface area contributed by atoms with Crippen LogP contribution in [0.4, 0.5) is 4.39 Å². The predicted molar refractivity (Wildman–Crippen MR) is 84.1 cm³/mol. The first kappa shape index (κ1) is 16.9. The van der Waals surface area contributed by atoms with E-state index in [0.29, 0.717) is 23.5 Å². The molecule has 4 nitrogen and oxygen atoms in total. The van der Waals surface area contributed by atoms with Crippen LogP contribution in [0.3, 0.4) is 0 Å². The monoisotopic (exact) mass is 378 g/mol. The number of benzene rings is 1. The number of piperidine rings is 1. The summed E-state index contributed by atoms with van der Waals surface area (Å²) in [6.45, 7) is 4.78. The Balaban J connectivity index is 2.10. The van der Waals surface area contributed by atoms with Crippen molar-refractivity contribution in [3.05, 3.63) is 28.5 Å². The van der Waals surface area contributed by atoms with Crippen molar-refractivity contribution in [3.8, 4) is 0 Å². The minimum absolute atomic E-state index is 0.248. The standard InChI is InChI=1S/C14H20BrFN2O2S/c1-2-17-10-11-5-7-18(8-6-11)21(19,20)14-9-12(15)3-4-13(14)16/h3-4,9,11,17H,2,5-8,10H2,1H3. The molecule has 0 unspecified atom stereocenters. The van der Waals surface area contributed by atoms with E-state index in [9.17, 15) is 12.8 Å². The van der Waals surface area contributed by atoms with Crippen molar-refractivity contribution in [1.82, 2.24) is 9.62 Å². The van der Waals surface area contributed by atoms with Gasteiger partial charge in [-0.05, 0) is 50.0 Å². The quantitative estimate of drug-likeness (QED) is 0.856. The normalized spacial score (nSPS) is 18.0. The summed E-state index contributed by atoms with van der Waals surface area (Å²) >= 11 is 3.19. The highest BCUT2D eigenvalue weighted by atomic mass is 79.9. The van der Waals surface area contributed by atoms with E-state index in [2.05, 4.69) is 28.2 Å². The van der Waals surface area contributed by atoms with Crippen LogP contribution < -0.4 is 5.32 Å². The minimum atomic E-state index is -3.75. The summed E-state index contributed by atoms with van der Waals surface area (Å²) in [6, 6.07) is 4.00. The molecular formula is C14H20BrFN2O2S. The van der Waals surface area contributed by atoms with Crippen molar-refractivity contribution >= 4 is 26.0 Å². The second-order valence-corrected chi connectivity index (χ2v) is 8.05. The van der Waals surface area contributed by atoms with Crippen LogP contribution in [-0.2, 0) is 10.0 Å². The summed E-state index contributed by atoms with van der Waals surface area (Å²) < 4.78 is 40.8. The number of nitrogens with one attached hydrogen (secondary N) is 1. The Hall–Kier alpha value is -0.500. The lowest BCUT2D eigenvalue weighted by Crippen LogP contribution is -2.41. The van der Waals surface area contributed by atoms with Crippen molar-refractivity contribution < 1.29 is 12.8 Å². The van der Waals surface area contributed by atoms with Crippen LogP contribution in [-0.4, -0.2) is 38.9 Å². The molecule has 1 aromatic rings. The van der Waals surface area contributed by atoms with E-state index in [1.54, 1.807) is 0 Å². The molecule has 0 saturated carbocycles. The molecular weight excluding hydrogens is 359 g/mol. The number of hydrogen-bond donors (Lipinski definition) is 1. The first-order valence-electron chi connectivity index (χ1n) is 7.11. The fourth-order valence-electron chi connectivity index (χ4n) is 2.52. The maximum Gasteiger partial charge on any atom is 0.246 e. The molecule has 0 radical (unpaired) electrons. The fraction of sp³-hybridized carbons (Fsp3) is 0.571. The SMILES string of the molecule is CCNCC1CCN(S(=O)(=O)c2cc(Br)ccc2F)CC1. The molecule has 21 heavy (non-hydrogen) atoms. The van der Waals surface area contributed by atoms with Crippen LogP contribution in [0.15, 0.2) is 27.6 Å². The largest absolute Gasteiger partial charge is 0.317 e. The average molecular weight is 379 g/mol. The second kappa shape index (κ2) is 7.17. The van der Waals surface area contributed by atoms with Gasteiger partial charge < -0.3 is 5.32 Å². The maximum absolute atomic E-state index is 13.8. The van der Waals surface area contributed by atoms with E-state index in [4.69, 9.17) is 0 Å². The van der Waals surface area contributed by atoms with Gasteiger partial charge in [-0.1, -0.05) is 22.9 Å². The van der Waals surface area contributed by atoms with Gasteiger partial charge in [0, 0.05) is 17.6 Å². The summed E-state index contributed by atoms with van der Waals surface area (Å²) in [7, 11) is -3.75. The summed E-state index contributed by atoms with van der Waals surface area (Å²) in [4.78, 5) is -0.248. The molecule has 1 aromatic carbocycles. The summed E-state index contributed by atoms with van der Waals surface area (Å²) in [5.41, 5.74) is 0. The van der Waals surface area contributed by atoms with E-state index in [1.165, 1.54) is 22.5 Å². The molecule has 1 saturated heterocycles. The Bertz CT molecular complexity index is 587. The number of halogens is 2. The van der Waals surface area contributed by atoms with Crippen LogP contribution in [0.1, 0.15) is 19.8 Å². The van der Waals surface area contributed by atoms with Crippen LogP contribution in [0, 0.1) is 11.7 Å². The lowest BCUT2D eigenvalue weighted by atomic mass is 9.98. The molecule has 2 rings (SSSR count).